The lowest BCUT2D eigenvalue weighted by Crippen LogP contribution is -2.08. The summed E-state index contributed by atoms with van der Waals surface area (Å²) < 4.78 is 16.3. The van der Waals surface area contributed by atoms with Gasteiger partial charge in [-0.2, -0.15) is 4.98 Å². The van der Waals surface area contributed by atoms with Gasteiger partial charge < -0.3 is 5.32 Å². The Kier molecular flexibility index (Phi) is 5.69. The van der Waals surface area contributed by atoms with Gasteiger partial charge in [0.15, 0.2) is 16.1 Å². The molecule has 0 spiro atoms. The van der Waals surface area contributed by atoms with Gasteiger partial charge in [-0.25, -0.2) is 9.37 Å². The van der Waals surface area contributed by atoms with Crippen molar-refractivity contribution in [2.75, 3.05) is 5.32 Å². The molecule has 2 heterocycles. The van der Waals surface area contributed by atoms with Gasteiger partial charge in [-0.3, -0.25) is 14.7 Å². The second kappa shape index (κ2) is 8.94. The van der Waals surface area contributed by atoms with Crippen molar-refractivity contribution in [3.05, 3.63) is 82.3 Å². The first kappa shape index (κ1) is 21.0. The first-order chi connectivity index (χ1) is 16.1. The zero-order chi connectivity index (χ0) is 22.8. The number of aromatic nitrogens is 5. The number of rotatable bonds is 8. The molecule has 1 saturated carbocycles. The normalized spacial score (nSPS) is 13.1. The van der Waals surface area contributed by atoms with Gasteiger partial charge in [0, 0.05) is 6.04 Å². The molecule has 0 radical (unpaired) electrons. The van der Waals surface area contributed by atoms with Crippen LogP contribution in [0.2, 0.25) is 0 Å². The van der Waals surface area contributed by atoms with Gasteiger partial charge in [-0.05, 0) is 42.3 Å². The predicted molar refractivity (Wildman–Crippen MR) is 120 cm³/mol. The van der Waals surface area contributed by atoms with Crippen LogP contribution in [0.15, 0.2) is 71.1 Å². The summed E-state index contributed by atoms with van der Waals surface area (Å²) in [5, 5.41) is 23.7. The number of nitrogens with one attached hydrogen (secondary N) is 1. The number of nitrogens with zero attached hydrogens (tertiary/aromatic N) is 6. The Labute approximate surface area is 192 Å². The molecule has 0 unspecified atom stereocenters. The third kappa shape index (κ3) is 4.67. The highest BCUT2D eigenvalue weighted by Crippen LogP contribution is 2.33. The van der Waals surface area contributed by atoms with E-state index in [0.29, 0.717) is 23.1 Å². The fourth-order valence-electron chi connectivity index (χ4n) is 3.27. The molecule has 9 nitrogen and oxygen atoms in total. The summed E-state index contributed by atoms with van der Waals surface area (Å²) in [7, 11) is 0. The minimum Gasteiger partial charge on any atom is -0.361 e. The van der Waals surface area contributed by atoms with E-state index >= 15 is 0 Å². The SMILES string of the molecule is O=[N+]([O-])c1cnc(Sc2nnc(-c3ccccc3F)n2Cc2ccccc2)nc1NC1CC1. The minimum atomic E-state index is -0.507. The number of benzene rings is 2. The van der Waals surface area contributed by atoms with Crippen LogP contribution in [0.25, 0.3) is 11.4 Å². The Morgan fingerprint density at radius 1 is 1.12 bits per heavy atom. The molecule has 2 aromatic heterocycles. The summed E-state index contributed by atoms with van der Waals surface area (Å²) in [6.45, 7) is 0.403. The zero-order valence-electron chi connectivity index (χ0n) is 17.3. The van der Waals surface area contributed by atoms with Crippen LogP contribution >= 0.6 is 11.8 Å². The molecule has 0 aliphatic heterocycles. The summed E-state index contributed by atoms with van der Waals surface area (Å²) in [5.41, 5.74) is 1.13. The molecule has 1 aliphatic carbocycles. The number of hydrogen-bond donors (Lipinski definition) is 1. The van der Waals surface area contributed by atoms with Crippen LogP contribution in [-0.4, -0.2) is 35.7 Å². The first-order valence-electron chi connectivity index (χ1n) is 10.3. The highest BCUT2D eigenvalue weighted by molar-refractivity contribution is 7.99. The van der Waals surface area contributed by atoms with Crippen LogP contribution in [0.4, 0.5) is 15.9 Å². The van der Waals surface area contributed by atoms with Gasteiger partial charge in [0.1, 0.15) is 12.0 Å². The molecule has 0 amide bonds. The van der Waals surface area contributed by atoms with Crippen LogP contribution < -0.4 is 5.32 Å². The zero-order valence-corrected chi connectivity index (χ0v) is 18.1. The molecule has 11 heteroatoms. The van der Waals surface area contributed by atoms with Gasteiger partial charge >= 0.3 is 5.69 Å². The summed E-state index contributed by atoms with van der Waals surface area (Å²) in [6.07, 6.45) is 3.08. The van der Waals surface area contributed by atoms with Gasteiger partial charge in [0.25, 0.3) is 0 Å². The molecule has 1 fully saturated rings. The second-order valence-corrected chi connectivity index (χ2v) is 8.46. The average Bonchev–Trinajstić information content (AvgIpc) is 3.55. The average molecular weight is 463 g/mol. The Morgan fingerprint density at radius 2 is 1.88 bits per heavy atom. The molecular weight excluding hydrogens is 445 g/mol. The molecule has 0 atom stereocenters. The quantitative estimate of drug-likeness (QED) is 0.230. The number of nitro groups is 1. The van der Waals surface area contributed by atoms with Crippen molar-refractivity contribution in [2.45, 2.75) is 35.7 Å². The van der Waals surface area contributed by atoms with E-state index in [2.05, 4.69) is 25.5 Å². The van der Waals surface area contributed by atoms with E-state index in [1.807, 2.05) is 30.3 Å². The van der Waals surface area contributed by atoms with Crippen molar-refractivity contribution < 1.29 is 9.31 Å². The summed E-state index contributed by atoms with van der Waals surface area (Å²) >= 11 is 1.12. The maximum absolute atomic E-state index is 14.5. The molecule has 5 rings (SSSR count). The van der Waals surface area contributed by atoms with E-state index < -0.39 is 10.7 Å². The van der Waals surface area contributed by atoms with E-state index in [1.165, 1.54) is 12.3 Å². The topological polar surface area (TPSA) is 112 Å². The summed E-state index contributed by atoms with van der Waals surface area (Å²) in [5.74, 6) is 0.152. The lowest BCUT2D eigenvalue weighted by Gasteiger charge is -2.11. The molecule has 0 bridgehead atoms. The molecule has 0 saturated heterocycles. The maximum Gasteiger partial charge on any atom is 0.329 e. The molecule has 1 aliphatic rings. The Balaban J connectivity index is 1.53. The standard InChI is InChI=1S/C22H18FN7O2S/c23-17-9-5-4-8-16(17)20-27-28-22(29(20)13-14-6-2-1-3-7-14)33-21-24-12-18(30(31)32)19(26-21)25-15-10-11-15/h1-9,12,15H,10-11,13H2,(H,24,25,26). The van der Waals surface area contributed by atoms with Crippen molar-refractivity contribution in [2.24, 2.45) is 0 Å². The van der Waals surface area contributed by atoms with Crippen LogP contribution in [0.3, 0.4) is 0 Å². The lowest BCUT2D eigenvalue weighted by atomic mass is 10.2. The molecule has 1 N–H and O–H groups in total. The van der Waals surface area contributed by atoms with Gasteiger partial charge in [-0.1, -0.05) is 42.5 Å². The fourth-order valence-corrected chi connectivity index (χ4v) is 4.01. The van der Waals surface area contributed by atoms with Crippen LogP contribution in [0.5, 0.6) is 0 Å². The highest BCUT2D eigenvalue weighted by Gasteiger charge is 2.27. The second-order valence-electron chi connectivity index (χ2n) is 7.52. The lowest BCUT2D eigenvalue weighted by molar-refractivity contribution is -0.384. The van der Waals surface area contributed by atoms with Crippen molar-refractivity contribution in [1.82, 2.24) is 24.7 Å². The molecular formula is C22H18FN7O2S. The maximum atomic E-state index is 14.5. The molecule has 2 aromatic carbocycles. The van der Waals surface area contributed by atoms with Gasteiger partial charge in [-0.15, -0.1) is 10.2 Å². The van der Waals surface area contributed by atoms with Crippen molar-refractivity contribution in [3.8, 4) is 11.4 Å². The predicted octanol–water partition coefficient (Wildman–Crippen LogP) is 4.56. The number of anilines is 1. The monoisotopic (exact) mass is 463 g/mol. The minimum absolute atomic E-state index is 0.177. The Morgan fingerprint density at radius 3 is 2.61 bits per heavy atom. The van der Waals surface area contributed by atoms with Gasteiger partial charge in [0.2, 0.25) is 5.82 Å². The van der Waals surface area contributed by atoms with E-state index in [4.69, 9.17) is 0 Å². The van der Waals surface area contributed by atoms with Crippen molar-refractivity contribution >= 4 is 23.3 Å². The highest BCUT2D eigenvalue weighted by atomic mass is 32.2. The van der Waals surface area contributed by atoms with Gasteiger partial charge in [0.05, 0.1) is 17.0 Å². The third-order valence-electron chi connectivity index (χ3n) is 5.06. The van der Waals surface area contributed by atoms with E-state index in [9.17, 15) is 14.5 Å². The number of hydrogen-bond acceptors (Lipinski definition) is 8. The largest absolute Gasteiger partial charge is 0.361 e. The Bertz CT molecular complexity index is 1310. The molecule has 166 valence electrons. The third-order valence-corrected chi connectivity index (χ3v) is 5.92. The summed E-state index contributed by atoms with van der Waals surface area (Å²) in [6, 6.07) is 16.2. The van der Waals surface area contributed by atoms with E-state index in [1.54, 1.807) is 22.8 Å². The Hall–Kier alpha value is -3.86. The summed E-state index contributed by atoms with van der Waals surface area (Å²) in [4.78, 5) is 19.4. The smallest absolute Gasteiger partial charge is 0.329 e. The van der Waals surface area contributed by atoms with E-state index in [0.717, 1.165) is 30.2 Å². The molecule has 33 heavy (non-hydrogen) atoms. The van der Waals surface area contributed by atoms with Crippen molar-refractivity contribution in [3.63, 3.8) is 0 Å². The van der Waals surface area contributed by atoms with Crippen LogP contribution in [0.1, 0.15) is 18.4 Å². The van der Waals surface area contributed by atoms with Crippen molar-refractivity contribution in [1.29, 1.82) is 0 Å². The number of halogens is 1. The molecule has 4 aromatic rings. The first-order valence-corrected chi connectivity index (χ1v) is 11.1. The van der Waals surface area contributed by atoms with Crippen LogP contribution in [-0.2, 0) is 6.54 Å². The van der Waals surface area contributed by atoms with E-state index in [-0.39, 0.29) is 22.7 Å². The fraction of sp³-hybridized carbons (Fsp3) is 0.182. The van der Waals surface area contributed by atoms with Crippen LogP contribution in [0, 0.1) is 15.9 Å².